The zero-order valence-electron chi connectivity index (χ0n) is 10.3. The molecule has 1 atom stereocenters. The largest absolute Gasteiger partial charge is 0.381 e. The highest BCUT2D eigenvalue weighted by Gasteiger charge is 2.00. The predicted molar refractivity (Wildman–Crippen MR) is 62.6 cm³/mol. The molecule has 0 aromatic carbocycles. The first-order chi connectivity index (χ1) is 6.66. The van der Waals surface area contributed by atoms with E-state index in [1.54, 1.807) is 0 Å². The first-order valence-corrected chi connectivity index (χ1v) is 5.98. The molecule has 0 aromatic rings. The Morgan fingerprint density at radius 1 is 1.07 bits per heavy atom. The molecule has 1 N–H and O–H groups in total. The summed E-state index contributed by atoms with van der Waals surface area (Å²) < 4.78 is 5.56. The van der Waals surface area contributed by atoms with E-state index < -0.39 is 0 Å². The van der Waals surface area contributed by atoms with Crippen molar-refractivity contribution in [1.29, 1.82) is 0 Å². The van der Waals surface area contributed by atoms with Gasteiger partial charge < -0.3 is 10.1 Å². The van der Waals surface area contributed by atoms with E-state index in [1.165, 1.54) is 12.8 Å². The van der Waals surface area contributed by atoms with Gasteiger partial charge >= 0.3 is 0 Å². The highest BCUT2D eigenvalue weighted by atomic mass is 16.5. The molecule has 14 heavy (non-hydrogen) atoms. The van der Waals surface area contributed by atoms with Crippen molar-refractivity contribution in [3.05, 3.63) is 0 Å². The molecule has 0 saturated heterocycles. The molecule has 0 radical (unpaired) electrons. The number of hydrogen-bond acceptors (Lipinski definition) is 2. The molecule has 2 nitrogen and oxygen atoms in total. The molecular weight excluding hydrogens is 174 g/mol. The van der Waals surface area contributed by atoms with Crippen molar-refractivity contribution in [3.63, 3.8) is 0 Å². The average Bonchev–Trinajstić information content (AvgIpc) is 2.13. The Morgan fingerprint density at radius 2 is 1.71 bits per heavy atom. The van der Waals surface area contributed by atoms with Gasteiger partial charge in [-0.05, 0) is 38.6 Å². The summed E-state index contributed by atoms with van der Waals surface area (Å²) in [6, 6.07) is 0.592. The quantitative estimate of drug-likeness (QED) is 0.579. The summed E-state index contributed by atoms with van der Waals surface area (Å²) >= 11 is 0. The van der Waals surface area contributed by atoms with Crippen LogP contribution in [0.5, 0.6) is 0 Å². The molecule has 86 valence electrons. The van der Waals surface area contributed by atoms with Crippen LogP contribution in [0.4, 0.5) is 0 Å². The fraction of sp³-hybridized carbons (Fsp3) is 1.00. The van der Waals surface area contributed by atoms with Crippen molar-refractivity contribution in [2.45, 2.75) is 53.0 Å². The van der Waals surface area contributed by atoms with Crippen molar-refractivity contribution in [2.75, 3.05) is 19.8 Å². The van der Waals surface area contributed by atoms with Crippen LogP contribution in [-0.4, -0.2) is 25.8 Å². The van der Waals surface area contributed by atoms with Gasteiger partial charge in [-0.25, -0.2) is 0 Å². The summed E-state index contributed by atoms with van der Waals surface area (Å²) in [6.07, 6.45) is 3.51. The van der Waals surface area contributed by atoms with Crippen LogP contribution in [0.1, 0.15) is 47.0 Å². The van der Waals surface area contributed by atoms with Crippen molar-refractivity contribution >= 4 is 0 Å². The summed E-state index contributed by atoms with van der Waals surface area (Å²) in [6.45, 7) is 11.8. The normalized spacial score (nSPS) is 13.5. The topological polar surface area (TPSA) is 21.3 Å². The summed E-state index contributed by atoms with van der Waals surface area (Å²) in [5.41, 5.74) is 0. The highest BCUT2D eigenvalue weighted by Crippen LogP contribution is 2.00. The van der Waals surface area contributed by atoms with Crippen molar-refractivity contribution in [1.82, 2.24) is 5.32 Å². The van der Waals surface area contributed by atoms with Gasteiger partial charge in [0, 0.05) is 19.3 Å². The van der Waals surface area contributed by atoms with Gasteiger partial charge in [-0.2, -0.15) is 0 Å². The molecule has 0 spiro atoms. The van der Waals surface area contributed by atoms with Gasteiger partial charge in [0.15, 0.2) is 0 Å². The van der Waals surface area contributed by atoms with Gasteiger partial charge in [0.2, 0.25) is 0 Å². The molecule has 0 aromatic heterocycles. The third-order valence-corrected chi connectivity index (χ3v) is 2.28. The van der Waals surface area contributed by atoms with E-state index in [1.807, 2.05) is 0 Å². The Labute approximate surface area is 89.4 Å². The van der Waals surface area contributed by atoms with E-state index in [0.29, 0.717) is 6.04 Å². The van der Waals surface area contributed by atoms with Crippen LogP contribution >= 0.6 is 0 Å². The average molecular weight is 201 g/mol. The monoisotopic (exact) mass is 201 g/mol. The Balaban J connectivity index is 3.10. The lowest BCUT2D eigenvalue weighted by atomic mass is 10.1. The maximum Gasteiger partial charge on any atom is 0.0480 e. The predicted octanol–water partition coefficient (Wildman–Crippen LogP) is 2.83. The maximum absolute atomic E-state index is 5.56. The lowest BCUT2D eigenvalue weighted by Gasteiger charge is -2.13. The van der Waals surface area contributed by atoms with Crippen LogP contribution in [-0.2, 0) is 4.74 Å². The van der Waals surface area contributed by atoms with E-state index in [2.05, 4.69) is 33.0 Å². The van der Waals surface area contributed by atoms with Gasteiger partial charge in [0.05, 0.1) is 0 Å². The Morgan fingerprint density at radius 3 is 2.29 bits per heavy atom. The van der Waals surface area contributed by atoms with Gasteiger partial charge in [-0.3, -0.25) is 0 Å². The third-order valence-electron chi connectivity index (χ3n) is 2.28. The SMILES string of the molecule is CCCNC(C)CCOCCC(C)C. The smallest absolute Gasteiger partial charge is 0.0480 e. The molecule has 0 aliphatic rings. The molecule has 0 aliphatic heterocycles. The standard InChI is InChI=1S/C12H27NO/c1-5-8-13-12(4)7-10-14-9-6-11(2)3/h11-13H,5-10H2,1-4H3. The van der Waals surface area contributed by atoms with Gasteiger partial charge in [-0.1, -0.05) is 20.8 Å². The van der Waals surface area contributed by atoms with Crippen molar-refractivity contribution in [2.24, 2.45) is 5.92 Å². The lowest BCUT2D eigenvalue weighted by molar-refractivity contribution is 0.115. The molecule has 0 bridgehead atoms. The number of rotatable bonds is 9. The molecule has 1 unspecified atom stereocenters. The number of nitrogens with one attached hydrogen (secondary N) is 1. The maximum atomic E-state index is 5.56. The first-order valence-electron chi connectivity index (χ1n) is 5.98. The second-order valence-corrected chi connectivity index (χ2v) is 4.44. The minimum Gasteiger partial charge on any atom is -0.381 e. The Kier molecular flexibility index (Phi) is 9.42. The molecule has 2 heteroatoms. The van der Waals surface area contributed by atoms with Crippen LogP contribution in [0.3, 0.4) is 0 Å². The summed E-state index contributed by atoms with van der Waals surface area (Å²) in [4.78, 5) is 0. The van der Waals surface area contributed by atoms with E-state index in [9.17, 15) is 0 Å². The number of ether oxygens (including phenoxy) is 1. The van der Waals surface area contributed by atoms with Crippen LogP contribution in [0.15, 0.2) is 0 Å². The van der Waals surface area contributed by atoms with Gasteiger partial charge in [0.1, 0.15) is 0 Å². The summed E-state index contributed by atoms with van der Waals surface area (Å²) in [7, 11) is 0. The van der Waals surface area contributed by atoms with E-state index in [4.69, 9.17) is 4.74 Å². The molecule has 0 rings (SSSR count). The molecule has 0 fully saturated rings. The first kappa shape index (κ1) is 13.9. The van der Waals surface area contributed by atoms with Crippen LogP contribution in [0.25, 0.3) is 0 Å². The van der Waals surface area contributed by atoms with Crippen LogP contribution in [0, 0.1) is 5.92 Å². The fourth-order valence-corrected chi connectivity index (χ4v) is 1.17. The third kappa shape index (κ3) is 10.0. The minimum atomic E-state index is 0.592. The Bertz CT molecular complexity index is 115. The Hall–Kier alpha value is -0.0800. The molecule has 0 amide bonds. The summed E-state index contributed by atoms with van der Waals surface area (Å²) in [5.74, 6) is 0.755. The van der Waals surface area contributed by atoms with Crippen molar-refractivity contribution < 1.29 is 4.74 Å². The van der Waals surface area contributed by atoms with Crippen molar-refractivity contribution in [3.8, 4) is 0 Å². The van der Waals surface area contributed by atoms with E-state index >= 15 is 0 Å². The number of hydrogen-bond donors (Lipinski definition) is 1. The molecule has 0 saturated carbocycles. The molecule has 0 heterocycles. The zero-order valence-corrected chi connectivity index (χ0v) is 10.3. The zero-order chi connectivity index (χ0) is 10.8. The molecule has 0 aliphatic carbocycles. The van der Waals surface area contributed by atoms with Crippen LogP contribution < -0.4 is 5.32 Å². The van der Waals surface area contributed by atoms with Crippen LogP contribution in [0.2, 0.25) is 0 Å². The second-order valence-electron chi connectivity index (χ2n) is 4.44. The minimum absolute atomic E-state index is 0.592. The van der Waals surface area contributed by atoms with E-state index in [-0.39, 0.29) is 0 Å². The van der Waals surface area contributed by atoms with Gasteiger partial charge in [0.25, 0.3) is 0 Å². The second kappa shape index (κ2) is 9.47. The van der Waals surface area contributed by atoms with E-state index in [0.717, 1.165) is 32.1 Å². The highest BCUT2D eigenvalue weighted by molar-refractivity contribution is 4.58. The lowest BCUT2D eigenvalue weighted by Crippen LogP contribution is -2.27. The fourth-order valence-electron chi connectivity index (χ4n) is 1.17. The molecular formula is C12H27NO. The summed E-state index contributed by atoms with van der Waals surface area (Å²) in [5, 5.41) is 3.45. The van der Waals surface area contributed by atoms with Gasteiger partial charge in [-0.15, -0.1) is 0 Å².